The Morgan fingerprint density at radius 1 is 1.26 bits per heavy atom. The summed E-state index contributed by atoms with van der Waals surface area (Å²) in [5.74, 6) is 2.85. The topological polar surface area (TPSA) is 71.3 Å². The molecule has 3 fully saturated rings. The zero-order valence-electron chi connectivity index (χ0n) is 18.6. The number of aromatic nitrogens is 2. The molecule has 2 aliphatic carbocycles. The van der Waals surface area contributed by atoms with Gasteiger partial charge in [-0.15, -0.1) is 0 Å². The van der Waals surface area contributed by atoms with E-state index in [9.17, 15) is 4.79 Å². The molecule has 2 saturated carbocycles. The van der Waals surface area contributed by atoms with Gasteiger partial charge in [-0.25, -0.2) is 0 Å². The Hall–Kier alpha value is -2.21. The minimum atomic E-state index is -0.153. The average molecular weight is 423 g/mol. The van der Waals surface area contributed by atoms with Crippen LogP contribution in [0.3, 0.4) is 0 Å². The van der Waals surface area contributed by atoms with Gasteiger partial charge in [0.05, 0.1) is 5.41 Å². The number of hydrogen-bond acceptors (Lipinski definition) is 5. The Balaban J connectivity index is 1.25. The molecule has 2 aromatic rings. The fraction of sp³-hybridized carbons (Fsp3) is 0.640. The van der Waals surface area contributed by atoms with Crippen LogP contribution in [0, 0.1) is 18.8 Å². The van der Waals surface area contributed by atoms with Crippen molar-refractivity contribution in [2.24, 2.45) is 11.8 Å². The van der Waals surface area contributed by atoms with Crippen molar-refractivity contribution in [3.05, 3.63) is 47.6 Å². The van der Waals surface area contributed by atoms with E-state index < -0.39 is 0 Å². The number of amides is 1. The molecule has 3 atom stereocenters. The summed E-state index contributed by atoms with van der Waals surface area (Å²) in [6.07, 6.45) is 8.86. The second kappa shape index (κ2) is 8.73. The lowest BCUT2D eigenvalue weighted by Crippen LogP contribution is -2.38. The molecule has 1 aliphatic heterocycles. The van der Waals surface area contributed by atoms with Gasteiger partial charge in [0.15, 0.2) is 5.82 Å². The molecule has 0 radical (unpaired) electrons. The number of benzene rings is 1. The number of nitrogens with one attached hydrogen (secondary N) is 1. The molecule has 166 valence electrons. The molecule has 3 aliphatic rings. The molecule has 2 heterocycles. The second-order valence-electron chi connectivity index (χ2n) is 10.0. The number of rotatable bonds is 7. The molecule has 1 saturated heterocycles. The molecule has 6 nitrogen and oxygen atoms in total. The first kappa shape index (κ1) is 20.7. The van der Waals surface area contributed by atoms with Gasteiger partial charge in [0.2, 0.25) is 11.8 Å². The Kier molecular flexibility index (Phi) is 5.83. The normalized spacial score (nSPS) is 28.8. The fourth-order valence-electron chi connectivity index (χ4n) is 6.31. The van der Waals surface area contributed by atoms with Crippen molar-refractivity contribution in [2.45, 2.75) is 76.3 Å². The van der Waals surface area contributed by atoms with Crippen LogP contribution < -0.4 is 5.32 Å². The first-order valence-electron chi connectivity index (χ1n) is 12.0. The molecule has 1 amide bonds. The Morgan fingerprint density at radius 3 is 2.81 bits per heavy atom. The number of nitrogens with zero attached hydrogens (tertiary/aromatic N) is 3. The van der Waals surface area contributed by atoms with Crippen LogP contribution in [0.5, 0.6) is 0 Å². The van der Waals surface area contributed by atoms with Crippen LogP contribution in [0.25, 0.3) is 0 Å². The lowest BCUT2D eigenvalue weighted by Gasteiger charge is -2.25. The van der Waals surface area contributed by atoms with Gasteiger partial charge in [0, 0.05) is 32.1 Å². The maximum Gasteiger partial charge on any atom is 0.234 e. The van der Waals surface area contributed by atoms with Crippen LogP contribution in [-0.2, 0) is 16.8 Å². The highest BCUT2D eigenvalue weighted by Crippen LogP contribution is 2.50. The number of hydrogen-bond donors (Lipinski definition) is 1. The predicted octanol–water partition coefficient (Wildman–Crippen LogP) is 4.00. The molecule has 1 aromatic carbocycles. The van der Waals surface area contributed by atoms with Crippen LogP contribution >= 0.6 is 0 Å². The number of likely N-dealkylation sites (tertiary alicyclic amines) is 1. The summed E-state index contributed by atoms with van der Waals surface area (Å²) in [5, 5.41) is 7.44. The summed E-state index contributed by atoms with van der Waals surface area (Å²) < 4.78 is 5.72. The summed E-state index contributed by atoms with van der Waals surface area (Å²) in [6.45, 7) is 4.73. The SMILES string of the molecule is Cc1noc([C@]23C[C@H](NC(=O)CCC4CCCC4)C[C@H]2CN(Cc2ccccc2)C3)n1. The van der Waals surface area contributed by atoms with Crippen LogP contribution in [0.1, 0.15) is 68.6 Å². The molecule has 6 heteroatoms. The van der Waals surface area contributed by atoms with Gasteiger partial charge in [-0.05, 0) is 43.6 Å². The smallest absolute Gasteiger partial charge is 0.234 e. The molecule has 31 heavy (non-hydrogen) atoms. The van der Waals surface area contributed by atoms with Gasteiger partial charge < -0.3 is 9.84 Å². The maximum absolute atomic E-state index is 12.7. The second-order valence-corrected chi connectivity index (χ2v) is 10.0. The molecular weight excluding hydrogens is 388 g/mol. The summed E-state index contributed by atoms with van der Waals surface area (Å²) in [6, 6.07) is 10.8. The lowest BCUT2D eigenvalue weighted by molar-refractivity contribution is -0.122. The van der Waals surface area contributed by atoms with Crippen LogP contribution in [-0.4, -0.2) is 40.1 Å². The van der Waals surface area contributed by atoms with E-state index in [0.717, 1.165) is 50.7 Å². The standard InChI is InChI=1S/C25H34N4O2/c1-18-26-24(31-28-18)25-14-22(27-23(30)12-11-19-7-5-6-8-19)13-21(25)16-29(17-25)15-20-9-3-2-4-10-20/h2-4,9-10,19,21-22H,5-8,11-17H2,1H3,(H,27,30)/t21-,22+,25-/m0/s1. The highest BCUT2D eigenvalue weighted by Gasteiger charge is 2.57. The van der Waals surface area contributed by atoms with E-state index in [4.69, 9.17) is 4.52 Å². The Morgan fingerprint density at radius 2 is 2.06 bits per heavy atom. The van der Waals surface area contributed by atoms with Gasteiger partial charge in [-0.1, -0.05) is 61.2 Å². The van der Waals surface area contributed by atoms with Gasteiger partial charge in [0.25, 0.3) is 0 Å². The van der Waals surface area contributed by atoms with Crippen molar-refractivity contribution in [2.75, 3.05) is 13.1 Å². The summed E-state index contributed by atoms with van der Waals surface area (Å²) in [4.78, 5) is 19.8. The summed E-state index contributed by atoms with van der Waals surface area (Å²) in [7, 11) is 0. The van der Waals surface area contributed by atoms with Crippen LogP contribution in [0.4, 0.5) is 0 Å². The lowest BCUT2D eigenvalue weighted by atomic mass is 9.80. The monoisotopic (exact) mass is 422 g/mol. The Labute approximate surface area is 184 Å². The van der Waals surface area contributed by atoms with E-state index in [1.807, 2.05) is 6.92 Å². The molecule has 5 rings (SSSR count). The van der Waals surface area contributed by atoms with Gasteiger partial charge in [0.1, 0.15) is 0 Å². The average Bonchev–Trinajstić information content (AvgIpc) is 3.52. The van der Waals surface area contributed by atoms with Crippen LogP contribution in [0.2, 0.25) is 0 Å². The van der Waals surface area contributed by atoms with Crippen molar-refractivity contribution in [1.82, 2.24) is 20.4 Å². The van der Waals surface area contributed by atoms with E-state index in [0.29, 0.717) is 18.2 Å². The van der Waals surface area contributed by atoms with E-state index in [2.05, 4.69) is 50.7 Å². The quantitative estimate of drug-likeness (QED) is 0.730. The fourth-order valence-corrected chi connectivity index (χ4v) is 6.31. The maximum atomic E-state index is 12.7. The molecule has 1 aromatic heterocycles. The van der Waals surface area contributed by atoms with E-state index >= 15 is 0 Å². The van der Waals surface area contributed by atoms with Gasteiger partial charge in [-0.2, -0.15) is 4.98 Å². The van der Waals surface area contributed by atoms with Crippen molar-refractivity contribution in [3.8, 4) is 0 Å². The van der Waals surface area contributed by atoms with E-state index in [-0.39, 0.29) is 17.4 Å². The number of carbonyl (C=O) groups excluding carboxylic acids is 1. The third-order valence-corrected chi connectivity index (χ3v) is 7.77. The molecular formula is C25H34N4O2. The highest BCUT2D eigenvalue weighted by molar-refractivity contribution is 5.76. The van der Waals surface area contributed by atoms with Gasteiger partial charge >= 0.3 is 0 Å². The number of aryl methyl sites for hydroxylation is 1. The van der Waals surface area contributed by atoms with Crippen molar-refractivity contribution >= 4 is 5.91 Å². The number of carbonyl (C=O) groups is 1. The minimum Gasteiger partial charge on any atom is -0.353 e. The molecule has 0 spiro atoms. The molecule has 1 N–H and O–H groups in total. The van der Waals surface area contributed by atoms with Crippen molar-refractivity contribution in [1.29, 1.82) is 0 Å². The first-order valence-corrected chi connectivity index (χ1v) is 12.0. The Bertz CT molecular complexity index is 892. The summed E-state index contributed by atoms with van der Waals surface area (Å²) in [5.41, 5.74) is 1.18. The van der Waals surface area contributed by atoms with E-state index in [1.165, 1.54) is 31.2 Å². The molecule has 0 unspecified atom stereocenters. The third-order valence-electron chi connectivity index (χ3n) is 7.77. The summed E-state index contributed by atoms with van der Waals surface area (Å²) >= 11 is 0. The highest BCUT2D eigenvalue weighted by atomic mass is 16.5. The minimum absolute atomic E-state index is 0.153. The van der Waals surface area contributed by atoms with E-state index in [1.54, 1.807) is 0 Å². The van der Waals surface area contributed by atoms with Crippen molar-refractivity contribution < 1.29 is 9.32 Å². The van der Waals surface area contributed by atoms with Gasteiger partial charge in [-0.3, -0.25) is 9.69 Å². The largest absolute Gasteiger partial charge is 0.353 e. The third kappa shape index (κ3) is 4.40. The predicted molar refractivity (Wildman–Crippen MR) is 118 cm³/mol. The van der Waals surface area contributed by atoms with Crippen molar-refractivity contribution in [3.63, 3.8) is 0 Å². The first-order chi connectivity index (χ1) is 15.1. The number of fused-ring (bicyclic) bond motifs is 1. The molecule has 0 bridgehead atoms. The zero-order chi connectivity index (χ0) is 21.3. The van der Waals surface area contributed by atoms with Crippen LogP contribution in [0.15, 0.2) is 34.9 Å². The zero-order valence-corrected chi connectivity index (χ0v) is 18.6.